The average molecular weight is 256 g/mol. The van der Waals surface area contributed by atoms with Crippen LogP contribution in [0.25, 0.3) is 0 Å². The van der Waals surface area contributed by atoms with E-state index in [1.165, 1.54) is 12.0 Å². The van der Waals surface area contributed by atoms with Gasteiger partial charge in [-0.25, -0.2) is 0 Å². The molecule has 2 rings (SSSR count). The molecule has 0 aliphatic carbocycles. The van der Waals surface area contributed by atoms with Crippen LogP contribution in [0.4, 0.5) is 0 Å². The Morgan fingerprint density at radius 1 is 1.42 bits per heavy atom. The molecule has 0 saturated carbocycles. The van der Waals surface area contributed by atoms with Gasteiger partial charge in [-0.15, -0.1) is 12.3 Å². The van der Waals surface area contributed by atoms with E-state index < -0.39 is 0 Å². The second kappa shape index (κ2) is 7.33. The minimum absolute atomic E-state index is 0.489. The predicted molar refractivity (Wildman–Crippen MR) is 81.0 cm³/mol. The van der Waals surface area contributed by atoms with E-state index in [0.29, 0.717) is 12.1 Å². The SMILES string of the molecule is C#CCC(C)N1CCCNC(Cc2ccccc2)C1. The van der Waals surface area contributed by atoms with Gasteiger partial charge < -0.3 is 5.32 Å². The predicted octanol–water partition coefficient (Wildman–Crippen LogP) is 2.30. The summed E-state index contributed by atoms with van der Waals surface area (Å²) in [7, 11) is 0. The largest absolute Gasteiger partial charge is 0.312 e. The van der Waals surface area contributed by atoms with Crippen LogP contribution in [0.1, 0.15) is 25.3 Å². The van der Waals surface area contributed by atoms with Gasteiger partial charge in [0.15, 0.2) is 0 Å². The van der Waals surface area contributed by atoms with E-state index in [1.807, 2.05) is 0 Å². The van der Waals surface area contributed by atoms with Gasteiger partial charge in [-0.3, -0.25) is 4.90 Å². The molecular weight excluding hydrogens is 232 g/mol. The van der Waals surface area contributed by atoms with Crippen molar-refractivity contribution >= 4 is 0 Å². The van der Waals surface area contributed by atoms with Crippen molar-refractivity contribution in [1.82, 2.24) is 10.2 Å². The Morgan fingerprint density at radius 2 is 2.21 bits per heavy atom. The minimum Gasteiger partial charge on any atom is -0.312 e. The average Bonchev–Trinajstić information content (AvgIpc) is 2.66. The molecule has 1 N–H and O–H groups in total. The molecule has 0 radical (unpaired) electrons. The second-order valence-electron chi connectivity index (χ2n) is 5.45. The first-order valence-corrected chi connectivity index (χ1v) is 7.24. The molecule has 0 aromatic heterocycles. The first-order chi connectivity index (χ1) is 9.29. The molecular formula is C17H24N2. The zero-order chi connectivity index (χ0) is 13.5. The minimum atomic E-state index is 0.489. The molecule has 0 spiro atoms. The Kier molecular flexibility index (Phi) is 5.44. The zero-order valence-electron chi connectivity index (χ0n) is 11.8. The molecule has 0 bridgehead atoms. The van der Waals surface area contributed by atoms with Gasteiger partial charge in [-0.1, -0.05) is 30.3 Å². The maximum atomic E-state index is 5.44. The van der Waals surface area contributed by atoms with Gasteiger partial charge in [-0.05, 0) is 38.4 Å². The summed E-state index contributed by atoms with van der Waals surface area (Å²) < 4.78 is 0. The molecule has 1 heterocycles. The molecule has 1 aromatic carbocycles. The first kappa shape index (κ1) is 14.1. The smallest absolute Gasteiger partial charge is 0.0240 e. The van der Waals surface area contributed by atoms with Crippen molar-refractivity contribution in [2.24, 2.45) is 0 Å². The van der Waals surface area contributed by atoms with Crippen molar-refractivity contribution in [3.63, 3.8) is 0 Å². The number of terminal acetylenes is 1. The number of hydrogen-bond acceptors (Lipinski definition) is 2. The molecule has 1 aliphatic heterocycles. The highest BCUT2D eigenvalue weighted by atomic mass is 15.2. The van der Waals surface area contributed by atoms with Gasteiger partial charge in [-0.2, -0.15) is 0 Å². The summed E-state index contributed by atoms with van der Waals surface area (Å²) in [6.07, 6.45) is 8.59. The quantitative estimate of drug-likeness (QED) is 0.832. The van der Waals surface area contributed by atoms with Crippen LogP contribution in [0.15, 0.2) is 30.3 Å². The molecule has 2 unspecified atom stereocenters. The van der Waals surface area contributed by atoms with Crippen molar-refractivity contribution in [1.29, 1.82) is 0 Å². The molecule has 1 aromatic rings. The van der Waals surface area contributed by atoms with E-state index in [4.69, 9.17) is 6.42 Å². The molecule has 2 heteroatoms. The van der Waals surface area contributed by atoms with Crippen molar-refractivity contribution in [3.05, 3.63) is 35.9 Å². The topological polar surface area (TPSA) is 15.3 Å². The van der Waals surface area contributed by atoms with Crippen LogP contribution in [0, 0.1) is 12.3 Å². The van der Waals surface area contributed by atoms with E-state index >= 15 is 0 Å². The van der Waals surface area contributed by atoms with Gasteiger partial charge in [0.25, 0.3) is 0 Å². The number of nitrogens with one attached hydrogen (secondary N) is 1. The Morgan fingerprint density at radius 3 is 2.95 bits per heavy atom. The number of benzene rings is 1. The van der Waals surface area contributed by atoms with Gasteiger partial charge in [0, 0.05) is 25.0 Å². The van der Waals surface area contributed by atoms with Crippen LogP contribution >= 0.6 is 0 Å². The van der Waals surface area contributed by atoms with Crippen molar-refractivity contribution in [3.8, 4) is 12.3 Å². The summed E-state index contributed by atoms with van der Waals surface area (Å²) in [5, 5.41) is 3.66. The van der Waals surface area contributed by atoms with Gasteiger partial charge in [0.1, 0.15) is 0 Å². The fraction of sp³-hybridized carbons (Fsp3) is 0.529. The molecule has 1 fully saturated rings. The molecule has 2 atom stereocenters. The number of nitrogens with zero attached hydrogens (tertiary/aromatic N) is 1. The van der Waals surface area contributed by atoms with Crippen LogP contribution in [-0.4, -0.2) is 36.6 Å². The zero-order valence-corrected chi connectivity index (χ0v) is 11.8. The highest BCUT2D eigenvalue weighted by Gasteiger charge is 2.21. The van der Waals surface area contributed by atoms with Crippen LogP contribution in [0.3, 0.4) is 0 Å². The number of rotatable bonds is 4. The summed E-state index contributed by atoms with van der Waals surface area (Å²) in [4.78, 5) is 2.54. The summed E-state index contributed by atoms with van der Waals surface area (Å²) in [6, 6.07) is 11.7. The summed E-state index contributed by atoms with van der Waals surface area (Å²) in [5.74, 6) is 2.79. The summed E-state index contributed by atoms with van der Waals surface area (Å²) in [6.45, 7) is 5.60. The van der Waals surface area contributed by atoms with E-state index in [1.54, 1.807) is 0 Å². The van der Waals surface area contributed by atoms with Gasteiger partial charge >= 0.3 is 0 Å². The van der Waals surface area contributed by atoms with Gasteiger partial charge in [0.2, 0.25) is 0 Å². The number of hydrogen-bond donors (Lipinski definition) is 1. The Hall–Kier alpha value is -1.30. The molecule has 19 heavy (non-hydrogen) atoms. The lowest BCUT2D eigenvalue weighted by Crippen LogP contribution is -2.42. The maximum absolute atomic E-state index is 5.44. The van der Waals surface area contributed by atoms with Crippen molar-refractivity contribution < 1.29 is 0 Å². The monoisotopic (exact) mass is 256 g/mol. The van der Waals surface area contributed by atoms with Crippen LogP contribution in [0.5, 0.6) is 0 Å². The Bertz CT molecular complexity index is 407. The Labute approximate surface area is 117 Å². The maximum Gasteiger partial charge on any atom is 0.0240 e. The molecule has 0 amide bonds. The Balaban J connectivity index is 1.95. The van der Waals surface area contributed by atoms with E-state index in [2.05, 4.69) is 53.4 Å². The molecule has 1 aliphatic rings. The third-order valence-corrected chi connectivity index (χ3v) is 3.87. The van der Waals surface area contributed by atoms with Crippen molar-refractivity contribution in [2.75, 3.05) is 19.6 Å². The lowest BCUT2D eigenvalue weighted by Gasteiger charge is -2.29. The van der Waals surface area contributed by atoms with E-state index in [9.17, 15) is 0 Å². The van der Waals surface area contributed by atoms with Crippen molar-refractivity contribution in [2.45, 2.75) is 38.3 Å². The third kappa shape index (κ3) is 4.38. The highest BCUT2D eigenvalue weighted by molar-refractivity contribution is 5.16. The van der Waals surface area contributed by atoms with Gasteiger partial charge in [0.05, 0.1) is 0 Å². The van der Waals surface area contributed by atoms with Crippen LogP contribution < -0.4 is 5.32 Å². The summed E-state index contributed by atoms with van der Waals surface area (Å²) >= 11 is 0. The lowest BCUT2D eigenvalue weighted by molar-refractivity contribution is 0.207. The normalized spacial score (nSPS) is 22.4. The van der Waals surface area contributed by atoms with Crippen LogP contribution in [-0.2, 0) is 6.42 Å². The highest BCUT2D eigenvalue weighted by Crippen LogP contribution is 2.11. The van der Waals surface area contributed by atoms with E-state index in [-0.39, 0.29) is 0 Å². The fourth-order valence-electron chi connectivity index (χ4n) is 2.76. The lowest BCUT2D eigenvalue weighted by atomic mass is 10.0. The van der Waals surface area contributed by atoms with Crippen LogP contribution in [0.2, 0.25) is 0 Å². The fourth-order valence-corrected chi connectivity index (χ4v) is 2.76. The first-order valence-electron chi connectivity index (χ1n) is 7.24. The van der Waals surface area contributed by atoms with E-state index in [0.717, 1.165) is 32.5 Å². The summed E-state index contributed by atoms with van der Waals surface area (Å²) in [5.41, 5.74) is 1.41. The molecule has 102 valence electrons. The molecule has 1 saturated heterocycles. The second-order valence-corrected chi connectivity index (χ2v) is 5.45. The third-order valence-electron chi connectivity index (χ3n) is 3.87. The standard InChI is InChI=1S/C17H24N2/c1-3-8-15(2)19-12-7-11-18-17(14-19)13-16-9-5-4-6-10-16/h1,4-6,9-10,15,17-18H,7-8,11-14H2,2H3. The molecule has 2 nitrogen and oxygen atoms in total.